The fraction of sp³-hybridized carbons (Fsp3) is 0.333. The molecule has 2 N–H and O–H groups in total. The Hall–Kier alpha value is -1.54. The van der Waals surface area contributed by atoms with Gasteiger partial charge in [0.1, 0.15) is 5.75 Å². The fourth-order valence-electron chi connectivity index (χ4n) is 1.22. The maximum absolute atomic E-state index is 12.0. The molecule has 0 aliphatic heterocycles. The highest BCUT2D eigenvalue weighted by molar-refractivity contribution is 5.85. The van der Waals surface area contributed by atoms with Crippen LogP contribution in [0.2, 0.25) is 0 Å². The molecule has 0 amide bonds. The van der Waals surface area contributed by atoms with Gasteiger partial charge >= 0.3 is 6.36 Å². The molecule has 0 aromatic heterocycles. The topological polar surface area (TPSA) is 78.4 Å². The number of hydrogen-bond acceptors (Lipinski definition) is 4. The Morgan fingerprint density at radius 1 is 1.44 bits per heavy atom. The van der Waals surface area contributed by atoms with Crippen molar-refractivity contribution < 1.29 is 22.8 Å². The summed E-state index contributed by atoms with van der Waals surface area (Å²) in [5, 5.41) is 10.5. The number of nitrogens with zero attached hydrogens (tertiary/aromatic N) is 1. The summed E-state index contributed by atoms with van der Waals surface area (Å²) < 4.78 is 39.9. The normalized spacial score (nSPS) is 12.5. The van der Waals surface area contributed by atoms with Crippen molar-refractivity contribution in [2.45, 2.75) is 19.3 Å². The van der Waals surface area contributed by atoms with Crippen molar-refractivity contribution in [2.24, 2.45) is 5.73 Å². The lowest BCUT2D eigenvalue weighted by Gasteiger charge is -2.14. The van der Waals surface area contributed by atoms with Crippen molar-refractivity contribution in [1.82, 2.24) is 0 Å². The molecular weight excluding hydrogens is 277 g/mol. The number of benzene rings is 1. The van der Waals surface area contributed by atoms with Crippen molar-refractivity contribution in [2.75, 3.05) is 0 Å². The maximum Gasteiger partial charge on any atom is 0.573 e. The molecule has 0 radical (unpaired) electrons. The van der Waals surface area contributed by atoms with Crippen LogP contribution in [-0.4, -0.2) is 11.3 Å². The first-order valence-electron chi connectivity index (χ1n) is 4.50. The third kappa shape index (κ3) is 4.38. The Labute approximate surface area is 106 Å². The zero-order chi connectivity index (χ0) is 13.2. The van der Waals surface area contributed by atoms with Crippen LogP contribution >= 0.6 is 12.4 Å². The van der Waals surface area contributed by atoms with E-state index in [9.17, 15) is 23.3 Å². The molecule has 0 aliphatic rings. The largest absolute Gasteiger partial charge is 0.573 e. The average Bonchev–Trinajstić information content (AvgIpc) is 2.14. The highest BCUT2D eigenvalue weighted by Crippen LogP contribution is 2.32. The lowest BCUT2D eigenvalue weighted by Crippen LogP contribution is -2.19. The first-order valence-corrected chi connectivity index (χ1v) is 4.50. The number of ether oxygens (including phenoxy) is 1. The third-order valence-corrected chi connectivity index (χ3v) is 1.92. The molecular formula is C9H10ClF3N2O3. The predicted molar refractivity (Wildman–Crippen MR) is 59.6 cm³/mol. The highest BCUT2D eigenvalue weighted by atomic mass is 35.5. The summed E-state index contributed by atoms with van der Waals surface area (Å²) in [7, 11) is 0. The Morgan fingerprint density at radius 2 is 2.00 bits per heavy atom. The van der Waals surface area contributed by atoms with E-state index in [1.807, 2.05) is 0 Å². The van der Waals surface area contributed by atoms with Gasteiger partial charge in [-0.15, -0.1) is 25.6 Å². The van der Waals surface area contributed by atoms with Crippen molar-refractivity contribution in [1.29, 1.82) is 0 Å². The van der Waals surface area contributed by atoms with Gasteiger partial charge in [-0.2, -0.15) is 0 Å². The molecule has 1 aromatic rings. The Morgan fingerprint density at radius 3 is 2.39 bits per heavy atom. The molecule has 0 spiro atoms. The molecule has 9 heteroatoms. The van der Waals surface area contributed by atoms with E-state index in [-0.39, 0.29) is 23.7 Å². The van der Waals surface area contributed by atoms with Crippen LogP contribution in [0.4, 0.5) is 18.9 Å². The third-order valence-electron chi connectivity index (χ3n) is 1.92. The molecule has 0 heterocycles. The minimum Gasteiger partial charge on any atom is -0.405 e. The van der Waals surface area contributed by atoms with Crippen molar-refractivity contribution >= 4 is 18.1 Å². The second kappa shape index (κ2) is 5.87. The molecule has 0 fully saturated rings. The summed E-state index contributed by atoms with van der Waals surface area (Å²) >= 11 is 0. The van der Waals surface area contributed by atoms with E-state index in [2.05, 4.69) is 4.74 Å². The maximum atomic E-state index is 12.0. The molecule has 1 aromatic carbocycles. The van der Waals surface area contributed by atoms with Gasteiger partial charge < -0.3 is 10.5 Å². The number of hydrogen-bond donors (Lipinski definition) is 1. The first-order chi connectivity index (χ1) is 7.70. The van der Waals surface area contributed by atoms with Gasteiger partial charge in [0.2, 0.25) is 0 Å². The van der Waals surface area contributed by atoms with Crippen molar-refractivity contribution in [3.8, 4) is 5.75 Å². The van der Waals surface area contributed by atoms with E-state index < -0.39 is 23.1 Å². The molecule has 1 atom stereocenters. The van der Waals surface area contributed by atoms with Crippen LogP contribution in [0.5, 0.6) is 5.75 Å². The monoisotopic (exact) mass is 286 g/mol. The lowest BCUT2D eigenvalue weighted by molar-refractivity contribution is -0.385. The van der Waals surface area contributed by atoms with E-state index in [0.29, 0.717) is 0 Å². The van der Waals surface area contributed by atoms with Crippen LogP contribution in [0.1, 0.15) is 18.5 Å². The van der Waals surface area contributed by atoms with Crippen LogP contribution in [0, 0.1) is 10.1 Å². The number of nitro benzene ring substituents is 1. The Kier molecular flexibility index (Phi) is 5.37. The van der Waals surface area contributed by atoms with E-state index in [1.54, 1.807) is 0 Å². The molecule has 0 aliphatic carbocycles. The SMILES string of the molecule is CC(N)c1cc([N+](=O)[O-])ccc1OC(F)(F)F.Cl. The van der Waals surface area contributed by atoms with E-state index in [0.717, 1.165) is 18.2 Å². The fourth-order valence-corrected chi connectivity index (χ4v) is 1.22. The van der Waals surface area contributed by atoms with Gasteiger partial charge in [0.15, 0.2) is 0 Å². The average molecular weight is 287 g/mol. The van der Waals surface area contributed by atoms with Crippen LogP contribution in [0.15, 0.2) is 18.2 Å². The zero-order valence-electron chi connectivity index (χ0n) is 9.10. The van der Waals surface area contributed by atoms with Crippen LogP contribution in [-0.2, 0) is 0 Å². The van der Waals surface area contributed by atoms with Crippen LogP contribution in [0.3, 0.4) is 0 Å². The molecule has 5 nitrogen and oxygen atoms in total. The number of non-ortho nitro benzene ring substituents is 1. The number of alkyl halides is 3. The summed E-state index contributed by atoms with van der Waals surface area (Å²) in [4.78, 5) is 9.75. The number of nitro groups is 1. The van der Waals surface area contributed by atoms with Gasteiger partial charge in [-0.25, -0.2) is 0 Å². The summed E-state index contributed by atoms with van der Waals surface area (Å²) in [6, 6.07) is 1.95. The quantitative estimate of drug-likeness (QED) is 0.684. The number of nitrogens with two attached hydrogens (primary N) is 1. The van der Waals surface area contributed by atoms with Gasteiger partial charge in [-0.3, -0.25) is 10.1 Å². The summed E-state index contributed by atoms with van der Waals surface area (Å²) in [5.41, 5.74) is 5.02. The van der Waals surface area contributed by atoms with E-state index >= 15 is 0 Å². The van der Waals surface area contributed by atoms with Crippen molar-refractivity contribution in [3.63, 3.8) is 0 Å². The molecule has 0 bridgehead atoms. The van der Waals surface area contributed by atoms with E-state index in [1.165, 1.54) is 6.92 Å². The van der Waals surface area contributed by atoms with Gasteiger partial charge in [-0.1, -0.05) is 0 Å². The number of halogens is 4. The van der Waals surface area contributed by atoms with Gasteiger partial charge in [0.25, 0.3) is 5.69 Å². The van der Waals surface area contributed by atoms with Gasteiger partial charge in [0, 0.05) is 23.7 Å². The molecule has 102 valence electrons. The minimum absolute atomic E-state index is 0. The summed E-state index contributed by atoms with van der Waals surface area (Å²) in [5.74, 6) is -0.530. The lowest BCUT2D eigenvalue weighted by atomic mass is 10.1. The van der Waals surface area contributed by atoms with E-state index in [4.69, 9.17) is 5.73 Å². The second-order valence-electron chi connectivity index (χ2n) is 3.32. The van der Waals surface area contributed by atoms with Crippen LogP contribution < -0.4 is 10.5 Å². The molecule has 0 saturated carbocycles. The van der Waals surface area contributed by atoms with Crippen LogP contribution in [0.25, 0.3) is 0 Å². The van der Waals surface area contributed by atoms with Gasteiger partial charge in [0.05, 0.1) is 4.92 Å². The van der Waals surface area contributed by atoms with Gasteiger partial charge in [-0.05, 0) is 13.0 Å². The summed E-state index contributed by atoms with van der Waals surface area (Å²) in [6.45, 7) is 1.41. The molecule has 1 rings (SSSR count). The Bertz CT molecular complexity index is 438. The highest BCUT2D eigenvalue weighted by Gasteiger charge is 2.32. The standard InChI is InChI=1S/C9H9F3N2O3.ClH/c1-5(13)7-4-6(14(15)16)2-3-8(7)17-9(10,11)12;/h2-5H,13H2,1H3;1H. The molecule has 18 heavy (non-hydrogen) atoms. The zero-order valence-corrected chi connectivity index (χ0v) is 9.92. The molecule has 1 unspecified atom stereocenters. The molecule has 0 saturated heterocycles. The minimum atomic E-state index is -4.86. The predicted octanol–water partition coefficient (Wildman–Crippen LogP) is 2.93. The summed E-state index contributed by atoms with van der Waals surface area (Å²) in [6.07, 6.45) is -4.86. The van der Waals surface area contributed by atoms with Crippen molar-refractivity contribution in [3.05, 3.63) is 33.9 Å². The second-order valence-corrected chi connectivity index (χ2v) is 3.32. The number of rotatable bonds is 3. The first kappa shape index (κ1) is 16.5. The Balaban J connectivity index is 0.00000289. The smallest absolute Gasteiger partial charge is 0.405 e.